The fraction of sp³-hybridized carbons (Fsp3) is 0. The van der Waals surface area contributed by atoms with Gasteiger partial charge in [-0.1, -0.05) is 0 Å². The van der Waals surface area contributed by atoms with Gasteiger partial charge in [0, 0.05) is 6.07 Å². The number of benzene rings is 2. The lowest BCUT2D eigenvalue weighted by Crippen LogP contribution is -2.14. The van der Waals surface area contributed by atoms with Gasteiger partial charge >= 0.3 is 0 Å². The molecule has 0 aliphatic rings. The van der Waals surface area contributed by atoms with Gasteiger partial charge in [0.25, 0.3) is 10.0 Å². The Morgan fingerprint density at radius 1 is 1.05 bits per heavy atom. The van der Waals surface area contributed by atoms with Crippen molar-refractivity contribution >= 4 is 31.6 Å². The molecule has 0 unspecified atom stereocenters. The minimum atomic E-state index is -4.07. The van der Waals surface area contributed by atoms with Gasteiger partial charge < -0.3 is 5.11 Å². The second-order valence-electron chi connectivity index (χ2n) is 3.85. The molecule has 0 heterocycles. The average molecular weight is 364 g/mol. The maximum Gasteiger partial charge on any atom is 0.261 e. The first-order valence-electron chi connectivity index (χ1n) is 5.26. The lowest BCUT2D eigenvalue weighted by Gasteiger charge is -2.09. The van der Waals surface area contributed by atoms with E-state index in [1.807, 2.05) is 4.72 Å². The number of rotatable bonds is 3. The molecule has 0 amide bonds. The van der Waals surface area contributed by atoms with E-state index in [1.54, 1.807) is 0 Å². The lowest BCUT2D eigenvalue weighted by molar-refractivity contribution is 0.475. The predicted octanol–water partition coefficient (Wildman–Crippen LogP) is 3.23. The Labute approximate surface area is 122 Å². The van der Waals surface area contributed by atoms with Crippen LogP contribution in [0.5, 0.6) is 5.75 Å². The Bertz CT molecular complexity index is 748. The standard InChI is InChI=1S/C12H8BrF2NO3S/c13-9-5-11(15)12(6-10(9)14)16-20(18,19)8-3-1-7(17)2-4-8/h1-6,16-17H. The molecular weight excluding hydrogens is 356 g/mol. The van der Waals surface area contributed by atoms with Gasteiger partial charge in [0.05, 0.1) is 15.1 Å². The van der Waals surface area contributed by atoms with Crippen LogP contribution < -0.4 is 4.72 Å². The van der Waals surface area contributed by atoms with E-state index in [-0.39, 0.29) is 15.1 Å². The van der Waals surface area contributed by atoms with Crippen LogP contribution in [-0.2, 0) is 10.0 Å². The van der Waals surface area contributed by atoms with Crippen LogP contribution in [0.3, 0.4) is 0 Å². The Kier molecular flexibility index (Phi) is 3.96. The number of phenolic OH excluding ortho intramolecular Hbond substituents is 1. The molecular formula is C12H8BrF2NO3S. The number of anilines is 1. The van der Waals surface area contributed by atoms with Crippen molar-refractivity contribution < 1.29 is 22.3 Å². The molecule has 2 N–H and O–H groups in total. The third-order valence-corrected chi connectivity index (χ3v) is 4.39. The summed E-state index contributed by atoms with van der Waals surface area (Å²) in [6, 6.07) is 6.19. The van der Waals surface area contributed by atoms with Crippen molar-refractivity contribution in [3.8, 4) is 5.75 Å². The van der Waals surface area contributed by atoms with Crippen LogP contribution in [0, 0.1) is 11.6 Å². The van der Waals surface area contributed by atoms with Crippen molar-refractivity contribution in [2.75, 3.05) is 4.72 Å². The molecule has 0 aliphatic carbocycles. The Hall–Kier alpha value is -1.67. The highest BCUT2D eigenvalue weighted by Crippen LogP contribution is 2.25. The van der Waals surface area contributed by atoms with Crippen molar-refractivity contribution in [3.05, 3.63) is 52.5 Å². The van der Waals surface area contributed by atoms with E-state index in [1.165, 1.54) is 12.1 Å². The second-order valence-corrected chi connectivity index (χ2v) is 6.38. The SMILES string of the molecule is O=S(=O)(Nc1cc(F)c(Br)cc1F)c1ccc(O)cc1. The molecule has 0 fully saturated rings. The van der Waals surface area contributed by atoms with Gasteiger partial charge in [-0.05, 0) is 46.3 Å². The normalized spacial score (nSPS) is 11.3. The summed E-state index contributed by atoms with van der Waals surface area (Å²) >= 11 is 2.79. The van der Waals surface area contributed by atoms with Gasteiger partial charge in [0.1, 0.15) is 17.4 Å². The molecule has 0 atom stereocenters. The molecule has 0 bridgehead atoms. The molecule has 2 aromatic carbocycles. The zero-order valence-corrected chi connectivity index (χ0v) is 12.2. The van der Waals surface area contributed by atoms with Crippen LogP contribution in [0.1, 0.15) is 0 Å². The Morgan fingerprint density at radius 3 is 2.25 bits per heavy atom. The van der Waals surface area contributed by atoms with Gasteiger partial charge in [0.2, 0.25) is 0 Å². The van der Waals surface area contributed by atoms with Crippen LogP contribution in [-0.4, -0.2) is 13.5 Å². The topological polar surface area (TPSA) is 66.4 Å². The minimum absolute atomic E-state index is 0.107. The summed E-state index contributed by atoms with van der Waals surface area (Å²) in [4.78, 5) is -0.182. The van der Waals surface area contributed by atoms with Crippen LogP contribution in [0.25, 0.3) is 0 Å². The van der Waals surface area contributed by atoms with Crippen molar-refractivity contribution in [1.29, 1.82) is 0 Å². The van der Waals surface area contributed by atoms with Gasteiger partial charge in [0.15, 0.2) is 0 Å². The van der Waals surface area contributed by atoms with Gasteiger partial charge in [-0.3, -0.25) is 4.72 Å². The van der Waals surface area contributed by atoms with Crippen LogP contribution in [0.4, 0.5) is 14.5 Å². The van der Waals surface area contributed by atoms with Crippen molar-refractivity contribution in [1.82, 2.24) is 0 Å². The van der Waals surface area contributed by atoms with Crippen LogP contribution in [0.15, 0.2) is 45.8 Å². The Balaban J connectivity index is 2.38. The molecule has 0 saturated carbocycles. The highest BCUT2D eigenvalue weighted by atomic mass is 79.9. The summed E-state index contributed by atoms with van der Waals surface area (Å²) < 4.78 is 52.7. The van der Waals surface area contributed by atoms with Crippen molar-refractivity contribution in [2.45, 2.75) is 4.90 Å². The molecule has 0 spiro atoms. The van der Waals surface area contributed by atoms with E-state index in [9.17, 15) is 17.2 Å². The molecule has 8 heteroatoms. The maximum absolute atomic E-state index is 13.6. The fourth-order valence-corrected chi connectivity index (χ4v) is 2.80. The molecule has 2 aromatic rings. The van der Waals surface area contributed by atoms with E-state index >= 15 is 0 Å². The summed E-state index contributed by atoms with van der Waals surface area (Å²) in [7, 11) is -4.07. The smallest absolute Gasteiger partial charge is 0.261 e. The lowest BCUT2D eigenvalue weighted by atomic mass is 10.3. The van der Waals surface area contributed by atoms with E-state index in [4.69, 9.17) is 5.11 Å². The monoisotopic (exact) mass is 363 g/mol. The summed E-state index contributed by atoms with van der Waals surface area (Å²) in [5.41, 5.74) is -0.501. The van der Waals surface area contributed by atoms with Gasteiger partial charge in [-0.2, -0.15) is 0 Å². The maximum atomic E-state index is 13.6. The number of hydrogen-bond donors (Lipinski definition) is 2. The largest absolute Gasteiger partial charge is 0.508 e. The van der Waals surface area contributed by atoms with E-state index in [2.05, 4.69) is 15.9 Å². The molecule has 0 aliphatic heterocycles. The first-order chi connectivity index (χ1) is 9.29. The third-order valence-electron chi connectivity index (χ3n) is 2.40. The Morgan fingerprint density at radius 2 is 1.65 bits per heavy atom. The van der Waals surface area contributed by atoms with Crippen LogP contribution in [0.2, 0.25) is 0 Å². The number of hydrogen-bond acceptors (Lipinski definition) is 3. The molecule has 2 rings (SSSR count). The quantitative estimate of drug-likeness (QED) is 0.822. The van der Waals surface area contributed by atoms with Crippen LogP contribution >= 0.6 is 15.9 Å². The molecule has 106 valence electrons. The van der Waals surface area contributed by atoms with Crippen molar-refractivity contribution in [3.63, 3.8) is 0 Å². The van der Waals surface area contributed by atoms with E-state index in [0.29, 0.717) is 0 Å². The number of halogens is 3. The number of phenols is 1. The van der Waals surface area contributed by atoms with Gasteiger partial charge in [-0.25, -0.2) is 17.2 Å². The molecule has 0 radical (unpaired) electrons. The second kappa shape index (κ2) is 5.37. The summed E-state index contributed by atoms with van der Waals surface area (Å²) in [6.07, 6.45) is 0. The summed E-state index contributed by atoms with van der Waals surface area (Å²) in [5, 5.41) is 9.09. The minimum Gasteiger partial charge on any atom is -0.508 e. The molecule has 4 nitrogen and oxygen atoms in total. The zero-order chi connectivity index (χ0) is 14.9. The third kappa shape index (κ3) is 3.07. The number of sulfonamides is 1. The summed E-state index contributed by atoms with van der Waals surface area (Å²) in [6.45, 7) is 0. The molecule has 20 heavy (non-hydrogen) atoms. The van der Waals surface area contributed by atoms with Crippen molar-refractivity contribution in [2.24, 2.45) is 0 Å². The van der Waals surface area contributed by atoms with E-state index in [0.717, 1.165) is 24.3 Å². The number of nitrogens with one attached hydrogen (secondary N) is 1. The van der Waals surface area contributed by atoms with E-state index < -0.39 is 27.3 Å². The molecule has 0 saturated heterocycles. The first kappa shape index (κ1) is 14.7. The zero-order valence-electron chi connectivity index (χ0n) is 9.77. The molecule has 0 aromatic heterocycles. The van der Waals surface area contributed by atoms with Gasteiger partial charge in [-0.15, -0.1) is 0 Å². The highest BCUT2D eigenvalue weighted by molar-refractivity contribution is 9.10. The predicted molar refractivity (Wildman–Crippen MR) is 73.0 cm³/mol. The average Bonchev–Trinajstić information content (AvgIpc) is 2.36. The summed E-state index contributed by atoms with van der Waals surface area (Å²) in [5.74, 6) is -1.82. The fourth-order valence-electron chi connectivity index (χ4n) is 1.43. The first-order valence-corrected chi connectivity index (χ1v) is 7.53. The highest BCUT2D eigenvalue weighted by Gasteiger charge is 2.17. The number of aromatic hydroxyl groups is 1.